The molecule has 7 heteroatoms. The Kier molecular flexibility index (Phi) is 3.49. The van der Waals surface area contributed by atoms with E-state index < -0.39 is 16.0 Å². The van der Waals surface area contributed by atoms with Gasteiger partial charge < -0.3 is 5.11 Å². The van der Waals surface area contributed by atoms with Crippen LogP contribution in [0, 0.1) is 6.92 Å². The Balaban J connectivity index is 2.48. The second kappa shape index (κ2) is 4.57. The predicted octanol–water partition coefficient (Wildman–Crippen LogP) is 2.29. The van der Waals surface area contributed by atoms with Gasteiger partial charge in [-0.2, -0.15) is 0 Å². The standard InChI is InChI=1S/C12H14BrNO4S/c1-7-9(11(15)16)5-8(6-10(7)13)19(17,18)14-12(2)3-4-12/h5-6,14H,3-4H2,1-2H3,(H,15,16). The second-order valence-electron chi connectivity index (χ2n) is 5.05. The van der Waals surface area contributed by atoms with Crippen molar-refractivity contribution in [2.75, 3.05) is 0 Å². The van der Waals surface area contributed by atoms with Crippen LogP contribution in [0.2, 0.25) is 0 Å². The molecule has 0 spiro atoms. The third-order valence-corrected chi connectivity index (χ3v) is 5.68. The molecule has 0 unspecified atom stereocenters. The van der Waals surface area contributed by atoms with Crippen molar-refractivity contribution in [1.29, 1.82) is 0 Å². The lowest BCUT2D eigenvalue weighted by molar-refractivity contribution is 0.0695. The normalized spacial score (nSPS) is 17.2. The maximum Gasteiger partial charge on any atom is 0.336 e. The molecule has 1 fully saturated rings. The zero-order valence-corrected chi connectivity index (χ0v) is 12.9. The summed E-state index contributed by atoms with van der Waals surface area (Å²) in [6.07, 6.45) is 1.59. The first-order chi connectivity index (χ1) is 8.65. The first-order valence-electron chi connectivity index (χ1n) is 5.72. The lowest BCUT2D eigenvalue weighted by Gasteiger charge is -2.14. The molecular weight excluding hydrogens is 334 g/mol. The van der Waals surface area contributed by atoms with Gasteiger partial charge in [-0.3, -0.25) is 0 Å². The summed E-state index contributed by atoms with van der Waals surface area (Å²) >= 11 is 3.20. The van der Waals surface area contributed by atoms with Crippen LogP contribution in [0.15, 0.2) is 21.5 Å². The van der Waals surface area contributed by atoms with E-state index in [4.69, 9.17) is 5.11 Å². The van der Waals surface area contributed by atoms with Crippen LogP contribution in [0.25, 0.3) is 0 Å². The molecule has 104 valence electrons. The highest BCUT2D eigenvalue weighted by Crippen LogP contribution is 2.36. The summed E-state index contributed by atoms with van der Waals surface area (Å²) in [4.78, 5) is 11.1. The van der Waals surface area contributed by atoms with Gasteiger partial charge >= 0.3 is 5.97 Å². The predicted molar refractivity (Wildman–Crippen MR) is 73.8 cm³/mol. The fraction of sp³-hybridized carbons (Fsp3) is 0.417. The highest BCUT2D eigenvalue weighted by atomic mass is 79.9. The number of hydrogen-bond donors (Lipinski definition) is 2. The third kappa shape index (κ3) is 2.98. The Hall–Kier alpha value is -0.920. The summed E-state index contributed by atoms with van der Waals surface area (Å²) in [7, 11) is -3.69. The zero-order valence-electron chi connectivity index (χ0n) is 10.5. The largest absolute Gasteiger partial charge is 0.478 e. The van der Waals surface area contributed by atoms with E-state index >= 15 is 0 Å². The van der Waals surface area contributed by atoms with Crippen molar-refractivity contribution in [3.05, 3.63) is 27.7 Å². The first-order valence-corrected chi connectivity index (χ1v) is 8.00. The highest BCUT2D eigenvalue weighted by molar-refractivity contribution is 9.10. The molecule has 0 amide bonds. The van der Waals surface area contributed by atoms with Gasteiger partial charge in [-0.25, -0.2) is 17.9 Å². The minimum Gasteiger partial charge on any atom is -0.478 e. The Morgan fingerprint density at radius 2 is 2.00 bits per heavy atom. The topological polar surface area (TPSA) is 83.5 Å². The number of rotatable bonds is 4. The summed E-state index contributed by atoms with van der Waals surface area (Å²) in [6, 6.07) is 2.62. The number of carboxylic acids is 1. The minimum absolute atomic E-state index is 0.0179. The van der Waals surface area contributed by atoms with Crippen molar-refractivity contribution < 1.29 is 18.3 Å². The lowest BCUT2D eigenvalue weighted by Crippen LogP contribution is -2.34. The fourth-order valence-corrected chi connectivity index (χ4v) is 3.83. The molecule has 1 saturated carbocycles. The van der Waals surface area contributed by atoms with E-state index in [-0.39, 0.29) is 16.0 Å². The van der Waals surface area contributed by atoms with E-state index in [9.17, 15) is 13.2 Å². The molecule has 0 atom stereocenters. The molecule has 1 aliphatic carbocycles. The Morgan fingerprint density at radius 1 is 1.42 bits per heavy atom. The molecule has 19 heavy (non-hydrogen) atoms. The zero-order chi connectivity index (χ0) is 14.4. The van der Waals surface area contributed by atoms with E-state index in [0.29, 0.717) is 10.0 Å². The molecule has 0 saturated heterocycles. The van der Waals surface area contributed by atoms with E-state index in [1.165, 1.54) is 12.1 Å². The summed E-state index contributed by atoms with van der Waals surface area (Å²) in [5.74, 6) is -1.15. The molecule has 2 N–H and O–H groups in total. The summed E-state index contributed by atoms with van der Waals surface area (Å²) in [5, 5.41) is 9.09. The average Bonchev–Trinajstić information content (AvgIpc) is 2.98. The van der Waals surface area contributed by atoms with Gasteiger partial charge in [-0.05, 0) is 44.4 Å². The van der Waals surface area contributed by atoms with Gasteiger partial charge in [0.2, 0.25) is 10.0 Å². The van der Waals surface area contributed by atoms with Gasteiger partial charge in [0.25, 0.3) is 0 Å². The number of aromatic carboxylic acids is 1. The SMILES string of the molecule is Cc1c(Br)cc(S(=O)(=O)NC2(C)CC2)cc1C(=O)O. The molecule has 2 rings (SSSR count). The van der Waals surface area contributed by atoms with Crippen LogP contribution in [0.4, 0.5) is 0 Å². The monoisotopic (exact) mass is 347 g/mol. The molecule has 0 aromatic heterocycles. The van der Waals surface area contributed by atoms with Crippen molar-refractivity contribution >= 4 is 31.9 Å². The maximum atomic E-state index is 12.2. The Labute approximate surface area is 120 Å². The lowest BCUT2D eigenvalue weighted by atomic mass is 10.1. The molecule has 0 radical (unpaired) electrons. The smallest absolute Gasteiger partial charge is 0.336 e. The quantitative estimate of drug-likeness (QED) is 0.875. The molecular formula is C12H14BrNO4S. The summed E-state index contributed by atoms with van der Waals surface area (Å²) < 4.78 is 27.5. The first kappa shape index (κ1) is 14.5. The summed E-state index contributed by atoms with van der Waals surface area (Å²) in [6.45, 7) is 3.45. The molecule has 0 bridgehead atoms. The number of carboxylic acid groups (broad SMARTS) is 1. The summed E-state index contributed by atoms with van der Waals surface area (Å²) in [5.41, 5.74) is 0.0966. The molecule has 1 aliphatic rings. The van der Waals surface area contributed by atoms with E-state index in [0.717, 1.165) is 12.8 Å². The number of carbonyl (C=O) groups is 1. The van der Waals surface area contributed by atoms with E-state index in [1.54, 1.807) is 6.92 Å². The molecule has 1 aromatic carbocycles. The Bertz CT molecular complexity index is 650. The number of sulfonamides is 1. The minimum atomic E-state index is -3.69. The van der Waals surface area contributed by atoms with Crippen LogP contribution in [0.1, 0.15) is 35.7 Å². The van der Waals surface area contributed by atoms with Crippen LogP contribution in [0.3, 0.4) is 0 Å². The van der Waals surface area contributed by atoms with Crippen molar-refractivity contribution in [2.45, 2.75) is 37.1 Å². The van der Waals surface area contributed by atoms with Gasteiger partial charge in [-0.1, -0.05) is 15.9 Å². The number of benzene rings is 1. The number of nitrogens with one attached hydrogen (secondary N) is 1. The van der Waals surface area contributed by atoms with Crippen molar-refractivity contribution in [2.24, 2.45) is 0 Å². The van der Waals surface area contributed by atoms with Crippen molar-refractivity contribution in [3.8, 4) is 0 Å². The van der Waals surface area contributed by atoms with Crippen LogP contribution >= 0.6 is 15.9 Å². The van der Waals surface area contributed by atoms with Crippen molar-refractivity contribution in [1.82, 2.24) is 4.72 Å². The van der Waals surface area contributed by atoms with E-state index in [2.05, 4.69) is 20.7 Å². The van der Waals surface area contributed by atoms with Crippen LogP contribution in [-0.2, 0) is 10.0 Å². The van der Waals surface area contributed by atoms with Gasteiger partial charge in [0, 0.05) is 10.0 Å². The maximum absolute atomic E-state index is 12.2. The highest BCUT2D eigenvalue weighted by Gasteiger charge is 2.41. The van der Waals surface area contributed by atoms with Crippen LogP contribution in [-0.4, -0.2) is 25.0 Å². The van der Waals surface area contributed by atoms with Gasteiger partial charge in [0.1, 0.15) is 0 Å². The average molecular weight is 348 g/mol. The van der Waals surface area contributed by atoms with Gasteiger partial charge in [0.05, 0.1) is 10.5 Å². The Morgan fingerprint density at radius 3 is 2.47 bits per heavy atom. The van der Waals surface area contributed by atoms with Crippen LogP contribution < -0.4 is 4.72 Å². The number of halogens is 1. The fourth-order valence-electron chi connectivity index (χ4n) is 1.70. The second-order valence-corrected chi connectivity index (χ2v) is 7.59. The molecule has 0 aliphatic heterocycles. The molecule has 5 nitrogen and oxygen atoms in total. The third-order valence-electron chi connectivity index (χ3n) is 3.24. The van der Waals surface area contributed by atoms with Gasteiger partial charge in [-0.15, -0.1) is 0 Å². The van der Waals surface area contributed by atoms with Crippen molar-refractivity contribution in [3.63, 3.8) is 0 Å². The molecule has 1 aromatic rings. The molecule has 0 heterocycles. The van der Waals surface area contributed by atoms with E-state index in [1.807, 2.05) is 6.92 Å². The van der Waals surface area contributed by atoms with Crippen LogP contribution in [0.5, 0.6) is 0 Å². The number of hydrogen-bond acceptors (Lipinski definition) is 3. The van der Waals surface area contributed by atoms with Gasteiger partial charge in [0.15, 0.2) is 0 Å².